The van der Waals surface area contributed by atoms with Gasteiger partial charge in [-0.15, -0.1) is 0 Å². The fourth-order valence-electron chi connectivity index (χ4n) is 3.39. The van der Waals surface area contributed by atoms with E-state index in [1.54, 1.807) is 6.07 Å². The number of fused-ring (bicyclic) bond motifs is 1. The summed E-state index contributed by atoms with van der Waals surface area (Å²) in [6.45, 7) is 4.75. The highest BCUT2D eigenvalue weighted by Gasteiger charge is 2.38. The van der Waals surface area contributed by atoms with E-state index >= 15 is 0 Å². The van der Waals surface area contributed by atoms with Crippen molar-refractivity contribution in [1.29, 1.82) is 0 Å². The van der Waals surface area contributed by atoms with E-state index in [9.17, 15) is 9.59 Å². The van der Waals surface area contributed by atoms with Gasteiger partial charge in [0.15, 0.2) is 0 Å². The van der Waals surface area contributed by atoms with Crippen LogP contribution in [0.15, 0.2) is 24.3 Å². The summed E-state index contributed by atoms with van der Waals surface area (Å²) < 4.78 is 11.0. The number of nitrogens with zero attached hydrogens (tertiary/aromatic N) is 1. The highest BCUT2D eigenvalue weighted by atomic mass is 16.5. The normalized spacial score (nSPS) is 22.9. The third kappa shape index (κ3) is 3.70. The maximum atomic E-state index is 12.9. The molecule has 2 heterocycles. The van der Waals surface area contributed by atoms with Crippen molar-refractivity contribution < 1.29 is 19.1 Å². The van der Waals surface area contributed by atoms with Crippen LogP contribution in [0.25, 0.3) is 0 Å². The largest absolute Gasteiger partial charge is 0.490 e. The molecule has 24 heavy (non-hydrogen) atoms. The zero-order chi connectivity index (χ0) is 16.9. The summed E-state index contributed by atoms with van der Waals surface area (Å²) >= 11 is 0. The lowest BCUT2D eigenvalue weighted by Gasteiger charge is -2.34. The van der Waals surface area contributed by atoms with Crippen molar-refractivity contribution >= 4 is 11.8 Å². The molecule has 6 heteroatoms. The number of amides is 2. The number of nitrogens with one attached hydrogen (secondary N) is 1. The van der Waals surface area contributed by atoms with Crippen LogP contribution in [-0.2, 0) is 9.53 Å². The Morgan fingerprint density at radius 2 is 2.17 bits per heavy atom. The molecule has 2 saturated heterocycles. The molecule has 130 valence electrons. The van der Waals surface area contributed by atoms with Crippen molar-refractivity contribution in [2.24, 2.45) is 5.92 Å². The lowest BCUT2D eigenvalue weighted by Crippen LogP contribution is -2.49. The molecule has 1 aromatic carbocycles. The van der Waals surface area contributed by atoms with Gasteiger partial charge in [0.2, 0.25) is 5.91 Å². The average molecular weight is 332 g/mol. The topological polar surface area (TPSA) is 67.9 Å². The van der Waals surface area contributed by atoms with Crippen LogP contribution in [0, 0.1) is 5.92 Å². The van der Waals surface area contributed by atoms with Crippen LogP contribution in [0.3, 0.4) is 0 Å². The first kappa shape index (κ1) is 16.8. The minimum atomic E-state index is -0.0402. The predicted octanol–water partition coefficient (Wildman–Crippen LogP) is 1.45. The van der Waals surface area contributed by atoms with Crippen LogP contribution in [0.2, 0.25) is 0 Å². The smallest absolute Gasteiger partial charge is 0.257 e. The molecule has 0 bridgehead atoms. The van der Waals surface area contributed by atoms with Crippen LogP contribution in [0.5, 0.6) is 5.75 Å². The SMILES string of the molecule is CCOCCOc1ccccc1C(=O)N1CC[C@@H]2CC(=O)N[C@@H]2C1. The molecule has 3 rings (SSSR count). The maximum Gasteiger partial charge on any atom is 0.257 e. The van der Waals surface area contributed by atoms with Crippen molar-refractivity contribution in [2.75, 3.05) is 32.9 Å². The number of ether oxygens (including phenoxy) is 2. The molecule has 6 nitrogen and oxygen atoms in total. The number of rotatable bonds is 6. The molecule has 0 saturated carbocycles. The number of hydrogen-bond acceptors (Lipinski definition) is 4. The van der Waals surface area contributed by atoms with E-state index in [1.807, 2.05) is 30.0 Å². The molecule has 1 N–H and O–H groups in total. The summed E-state index contributed by atoms with van der Waals surface area (Å²) in [6.07, 6.45) is 1.45. The number of likely N-dealkylation sites (tertiary alicyclic amines) is 1. The summed E-state index contributed by atoms with van der Waals surface area (Å²) in [5, 5.41) is 2.97. The Kier molecular flexibility index (Phi) is 5.35. The van der Waals surface area contributed by atoms with Gasteiger partial charge in [-0.1, -0.05) is 12.1 Å². The van der Waals surface area contributed by atoms with Crippen molar-refractivity contribution in [3.8, 4) is 5.75 Å². The summed E-state index contributed by atoms with van der Waals surface area (Å²) in [5.74, 6) is 1.000. The fourth-order valence-corrected chi connectivity index (χ4v) is 3.39. The fraction of sp³-hybridized carbons (Fsp3) is 0.556. The van der Waals surface area contributed by atoms with Crippen LogP contribution in [0.4, 0.5) is 0 Å². The number of carbonyl (C=O) groups is 2. The van der Waals surface area contributed by atoms with Crippen LogP contribution >= 0.6 is 0 Å². The van der Waals surface area contributed by atoms with Gasteiger partial charge in [-0.2, -0.15) is 0 Å². The lowest BCUT2D eigenvalue weighted by molar-refractivity contribution is -0.119. The molecular formula is C18H24N2O4. The number of para-hydroxylation sites is 1. The van der Waals surface area contributed by atoms with Gasteiger partial charge >= 0.3 is 0 Å². The van der Waals surface area contributed by atoms with Crippen molar-refractivity contribution in [3.63, 3.8) is 0 Å². The summed E-state index contributed by atoms with van der Waals surface area (Å²) in [5.41, 5.74) is 0.566. The van der Waals surface area contributed by atoms with Gasteiger partial charge in [0.25, 0.3) is 5.91 Å². The molecule has 2 amide bonds. The number of piperidine rings is 1. The minimum Gasteiger partial charge on any atom is -0.490 e. The predicted molar refractivity (Wildman–Crippen MR) is 89.0 cm³/mol. The quantitative estimate of drug-likeness (QED) is 0.801. The molecule has 0 aliphatic carbocycles. The zero-order valence-corrected chi connectivity index (χ0v) is 14.0. The molecule has 0 aromatic heterocycles. The Morgan fingerprint density at radius 1 is 1.33 bits per heavy atom. The van der Waals surface area contributed by atoms with Gasteiger partial charge in [0.05, 0.1) is 12.2 Å². The first-order valence-corrected chi connectivity index (χ1v) is 8.57. The van der Waals surface area contributed by atoms with Gasteiger partial charge in [-0.25, -0.2) is 0 Å². The number of hydrogen-bond donors (Lipinski definition) is 1. The second-order valence-corrected chi connectivity index (χ2v) is 6.22. The zero-order valence-electron chi connectivity index (χ0n) is 14.0. The van der Waals surface area contributed by atoms with Crippen molar-refractivity contribution in [3.05, 3.63) is 29.8 Å². The van der Waals surface area contributed by atoms with Gasteiger partial charge in [-0.3, -0.25) is 9.59 Å². The van der Waals surface area contributed by atoms with Crippen molar-refractivity contribution in [1.82, 2.24) is 10.2 Å². The standard InChI is InChI=1S/C18H24N2O4/c1-2-23-9-10-24-16-6-4-3-5-14(16)18(22)20-8-7-13-11-17(21)19-15(13)12-20/h3-6,13,15H,2,7-12H2,1H3,(H,19,21)/t13-,15-/m1/s1. The molecule has 2 atom stereocenters. The maximum absolute atomic E-state index is 12.9. The Balaban J connectivity index is 1.65. The number of benzene rings is 1. The molecule has 0 spiro atoms. The second-order valence-electron chi connectivity index (χ2n) is 6.22. The molecule has 1 aromatic rings. The Hall–Kier alpha value is -2.08. The summed E-state index contributed by atoms with van der Waals surface area (Å²) in [6, 6.07) is 7.38. The first-order chi connectivity index (χ1) is 11.7. The van der Waals surface area contributed by atoms with E-state index in [0.29, 0.717) is 56.6 Å². The van der Waals surface area contributed by atoms with Gasteiger partial charge in [0.1, 0.15) is 12.4 Å². The molecular weight excluding hydrogens is 308 g/mol. The van der Waals surface area contributed by atoms with Crippen LogP contribution in [-0.4, -0.2) is 55.7 Å². The van der Waals surface area contributed by atoms with E-state index in [2.05, 4.69) is 5.32 Å². The highest BCUT2D eigenvalue weighted by Crippen LogP contribution is 2.28. The first-order valence-electron chi connectivity index (χ1n) is 8.57. The van der Waals surface area contributed by atoms with E-state index in [-0.39, 0.29) is 17.9 Å². The van der Waals surface area contributed by atoms with E-state index in [0.717, 1.165) is 6.42 Å². The Labute approximate surface area is 142 Å². The van der Waals surface area contributed by atoms with E-state index in [1.165, 1.54) is 0 Å². The second kappa shape index (κ2) is 7.66. The minimum absolute atomic E-state index is 0.0402. The average Bonchev–Trinajstić information content (AvgIpc) is 2.97. The van der Waals surface area contributed by atoms with Crippen LogP contribution in [0.1, 0.15) is 30.1 Å². The van der Waals surface area contributed by atoms with E-state index in [4.69, 9.17) is 9.47 Å². The summed E-state index contributed by atoms with van der Waals surface area (Å²) in [7, 11) is 0. The number of carbonyl (C=O) groups excluding carboxylic acids is 2. The van der Waals surface area contributed by atoms with Crippen molar-refractivity contribution in [2.45, 2.75) is 25.8 Å². The van der Waals surface area contributed by atoms with Crippen LogP contribution < -0.4 is 10.1 Å². The molecule has 2 aliphatic rings. The molecule has 0 radical (unpaired) electrons. The summed E-state index contributed by atoms with van der Waals surface area (Å²) in [4.78, 5) is 26.2. The molecule has 2 aliphatic heterocycles. The monoisotopic (exact) mass is 332 g/mol. The Morgan fingerprint density at radius 3 is 3.00 bits per heavy atom. The van der Waals surface area contributed by atoms with E-state index < -0.39 is 0 Å². The van der Waals surface area contributed by atoms with Gasteiger partial charge in [0, 0.05) is 32.2 Å². The highest BCUT2D eigenvalue weighted by molar-refractivity contribution is 5.97. The molecule has 0 unspecified atom stereocenters. The Bertz CT molecular complexity index is 604. The lowest BCUT2D eigenvalue weighted by atomic mass is 9.92. The van der Waals surface area contributed by atoms with Gasteiger partial charge < -0.3 is 19.7 Å². The van der Waals surface area contributed by atoms with Gasteiger partial charge in [-0.05, 0) is 31.4 Å². The molecule has 2 fully saturated rings. The third-order valence-electron chi connectivity index (χ3n) is 4.64. The third-order valence-corrected chi connectivity index (χ3v) is 4.64.